The van der Waals surface area contributed by atoms with Gasteiger partial charge in [0.15, 0.2) is 0 Å². The number of likely N-dealkylation sites (tertiary alicyclic amines) is 1. The van der Waals surface area contributed by atoms with Crippen LogP contribution in [0.5, 0.6) is 0 Å². The second-order valence-corrected chi connectivity index (χ2v) is 6.79. The zero-order valence-electron chi connectivity index (χ0n) is 15.5. The van der Waals surface area contributed by atoms with Crippen LogP contribution in [0.1, 0.15) is 43.7 Å². The van der Waals surface area contributed by atoms with E-state index in [9.17, 15) is 0 Å². The average molecular weight is 364 g/mol. The Morgan fingerprint density at radius 2 is 2.00 bits per heavy atom. The molecule has 0 radical (unpaired) electrons. The number of nitrogens with one attached hydrogen (secondary N) is 1. The van der Waals surface area contributed by atoms with E-state index >= 15 is 0 Å². The first kappa shape index (κ1) is 17.6. The van der Waals surface area contributed by atoms with E-state index in [1.807, 2.05) is 42.7 Å². The Bertz CT molecular complexity index is 848. The summed E-state index contributed by atoms with van der Waals surface area (Å²) in [6, 6.07) is 10.1. The molecule has 3 aromatic rings. The van der Waals surface area contributed by atoms with E-state index in [4.69, 9.17) is 4.52 Å². The molecule has 7 heteroatoms. The van der Waals surface area contributed by atoms with Gasteiger partial charge in [0.2, 0.25) is 17.7 Å². The van der Waals surface area contributed by atoms with Crippen molar-refractivity contribution < 1.29 is 4.52 Å². The first-order valence-corrected chi connectivity index (χ1v) is 9.51. The van der Waals surface area contributed by atoms with Crippen LogP contribution in [0.3, 0.4) is 0 Å². The van der Waals surface area contributed by atoms with Gasteiger partial charge < -0.3 is 9.84 Å². The number of hydrogen-bond acceptors (Lipinski definition) is 7. The smallest absolute Gasteiger partial charge is 0.244 e. The van der Waals surface area contributed by atoms with Crippen molar-refractivity contribution in [3.63, 3.8) is 0 Å². The zero-order valence-corrected chi connectivity index (χ0v) is 15.5. The third-order valence-corrected chi connectivity index (χ3v) is 4.75. The molecule has 0 aliphatic carbocycles. The van der Waals surface area contributed by atoms with Crippen molar-refractivity contribution in [2.24, 2.45) is 0 Å². The maximum absolute atomic E-state index is 5.59. The monoisotopic (exact) mass is 364 g/mol. The summed E-state index contributed by atoms with van der Waals surface area (Å²) in [6.45, 7) is 4.79. The van der Waals surface area contributed by atoms with Crippen molar-refractivity contribution in [2.45, 2.75) is 38.8 Å². The fraction of sp³-hybridized carbons (Fsp3) is 0.400. The minimum absolute atomic E-state index is 0.146. The minimum atomic E-state index is 0.146. The van der Waals surface area contributed by atoms with Crippen LogP contribution >= 0.6 is 0 Å². The summed E-state index contributed by atoms with van der Waals surface area (Å²) in [5, 5.41) is 7.37. The van der Waals surface area contributed by atoms with Crippen LogP contribution in [0.4, 0.5) is 5.95 Å². The van der Waals surface area contributed by atoms with Crippen molar-refractivity contribution in [2.75, 3.05) is 18.4 Å². The van der Waals surface area contributed by atoms with Crippen LogP contribution in [0.2, 0.25) is 0 Å². The second kappa shape index (κ2) is 8.26. The standard InChI is InChI=1S/C20H24N6O/c1-2-10-21-20-22-12-15(13-23-20)14-26-11-6-9-17(26)19-24-18(25-27-19)16-7-4-3-5-8-16/h3-5,7-8,12-13,17H,2,6,9-11,14H2,1H3,(H,21,22,23)/t17-/m1/s1. The van der Waals surface area contributed by atoms with Crippen molar-refractivity contribution in [1.29, 1.82) is 0 Å². The summed E-state index contributed by atoms with van der Waals surface area (Å²) in [4.78, 5) is 15.8. The van der Waals surface area contributed by atoms with Gasteiger partial charge in [-0.2, -0.15) is 4.98 Å². The van der Waals surface area contributed by atoms with Gasteiger partial charge in [-0.05, 0) is 25.8 Å². The molecule has 3 heterocycles. The lowest BCUT2D eigenvalue weighted by atomic mass is 10.2. The summed E-state index contributed by atoms with van der Waals surface area (Å²) in [6.07, 6.45) is 6.97. The van der Waals surface area contributed by atoms with E-state index in [1.54, 1.807) is 0 Å². The third kappa shape index (κ3) is 4.14. The highest BCUT2D eigenvalue weighted by molar-refractivity contribution is 5.53. The molecule has 2 aromatic heterocycles. The summed E-state index contributed by atoms with van der Waals surface area (Å²) in [5.74, 6) is 2.02. The molecule has 27 heavy (non-hydrogen) atoms. The number of rotatable bonds is 7. The van der Waals surface area contributed by atoms with Gasteiger partial charge in [0.1, 0.15) is 0 Å². The Kier molecular flexibility index (Phi) is 5.39. The molecule has 4 rings (SSSR count). The molecule has 1 aromatic carbocycles. The Labute approximate surface area is 158 Å². The molecule has 1 atom stereocenters. The molecule has 0 spiro atoms. The van der Waals surface area contributed by atoms with E-state index in [1.165, 1.54) is 0 Å². The van der Waals surface area contributed by atoms with Gasteiger partial charge in [-0.3, -0.25) is 4.90 Å². The molecule has 1 N–H and O–H groups in total. The number of hydrogen-bond donors (Lipinski definition) is 1. The molecule has 1 saturated heterocycles. The first-order valence-electron chi connectivity index (χ1n) is 9.51. The van der Waals surface area contributed by atoms with Gasteiger partial charge in [0.25, 0.3) is 0 Å². The molecule has 7 nitrogen and oxygen atoms in total. The molecule has 0 saturated carbocycles. The van der Waals surface area contributed by atoms with Gasteiger partial charge in [-0.15, -0.1) is 0 Å². The lowest BCUT2D eigenvalue weighted by Gasteiger charge is -2.21. The fourth-order valence-corrected chi connectivity index (χ4v) is 3.37. The van der Waals surface area contributed by atoms with Crippen LogP contribution in [0.15, 0.2) is 47.2 Å². The number of aromatic nitrogens is 4. The molecule has 1 aliphatic heterocycles. The Morgan fingerprint density at radius 1 is 1.19 bits per heavy atom. The molecule has 140 valence electrons. The SMILES string of the molecule is CCCNc1ncc(CN2CCC[C@@H]2c2nc(-c3ccccc3)no2)cn1. The van der Waals surface area contributed by atoms with Gasteiger partial charge in [-0.25, -0.2) is 9.97 Å². The molecule has 0 bridgehead atoms. The largest absolute Gasteiger partial charge is 0.354 e. The normalized spacial score (nSPS) is 17.3. The van der Waals surface area contributed by atoms with E-state index in [0.717, 1.165) is 50.0 Å². The van der Waals surface area contributed by atoms with Gasteiger partial charge in [0.05, 0.1) is 6.04 Å². The maximum Gasteiger partial charge on any atom is 0.244 e. The van der Waals surface area contributed by atoms with E-state index in [0.29, 0.717) is 17.7 Å². The number of anilines is 1. The Balaban J connectivity index is 1.44. The predicted octanol–water partition coefficient (Wildman–Crippen LogP) is 3.69. The van der Waals surface area contributed by atoms with Gasteiger partial charge >= 0.3 is 0 Å². The summed E-state index contributed by atoms with van der Waals surface area (Å²) in [7, 11) is 0. The van der Waals surface area contributed by atoms with Crippen molar-refractivity contribution in [3.8, 4) is 11.4 Å². The number of benzene rings is 1. The molecule has 1 aliphatic rings. The molecular weight excluding hydrogens is 340 g/mol. The summed E-state index contributed by atoms with van der Waals surface area (Å²) in [5.41, 5.74) is 2.06. The lowest BCUT2D eigenvalue weighted by molar-refractivity contribution is 0.201. The average Bonchev–Trinajstić information content (AvgIpc) is 3.37. The lowest BCUT2D eigenvalue weighted by Crippen LogP contribution is -2.23. The Hall–Kier alpha value is -2.80. The summed E-state index contributed by atoms with van der Waals surface area (Å²) >= 11 is 0. The van der Waals surface area contributed by atoms with Crippen LogP contribution in [-0.4, -0.2) is 38.1 Å². The van der Waals surface area contributed by atoms with Crippen molar-refractivity contribution >= 4 is 5.95 Å². The highest BCUT2D eigenvalue weighted by Crippen LogP contribution is 2.33. The van der Waals surface area contributed by atoms with Crippen LogP contribution in [-0.2, 0) is 6.54 Å². The minimum Gasteiger partial charge on any atom is -0.354 e. The van der Waals surface area contributed by atoms with Crippen LogP contribution in [0, 0.1) is 0 Å². The number of nitrogens with zero attached hydrogens (tertiary/aromatic N) is 5. The van der Waals surface area contributed by atoms with E-state index < -0.39 is 0 Å². The van der Waals surface area contributed by atoms with Crippen LogP contribution in [0.25, 0.3) is 11.4 Å². The van der Waals surface area contributed by atoms with Crippen molar-refractivity contribution in [3.05, 3.63) is 54.2 Å². The molecular formula is C20H24N6O. The highest BCUT2D eigenvalue weighted by atomic mass is 16.5. The Morgan fingerprint density at radius 3 is 2.78 bits per heavy atom. The predicted molar refractivity (Wildman–Crippen MR) is 103 cm³/mol. The molecule has 0 amide bonds. The van der Waals surface area contributed by atoms with Gasteiger partial charge in [0, 0.05) is 36.6 Å². The van der Waals surface area contributed by atoms with Gasteiger partial charge in [-0.1, -0.05) is 42.4 Å². The maximum atomic E-state index is 5.59. The van der Waals surface area contributed by atoms with E-state index in [-0.39, 0.29) is 6.04 Å². The topological polar surface area (TPSA) is 80.0 Å². The van der Waals surface area contributed by atoms with Crippen molar-refractivity contribution in [1.82, 2.24) is 25.0 Å². The quantitative estimate of drug-likeness (QED) is 0.685. The summed E-state index contributed by atoms with van der Waals surface area (Å²) < 4.78 is 5.59. The third-order valence-electron chi connectivity index (χ3n) is 4.75. The fourth-order valence-electron chi connectivity index (χ4n) is 3.37. The highest BCUT2D eigenvalue weighted by Gasteiger charge is 2.31. The van der Waals surface area contributed by atoms with E-state index in [2.05, 4.69) is 37.2 Å². The molecule has 0 unspecified atom stereocenters. The molecule has 1 fully saturated rings. The zero-order chi connectivity index (χ0) is 18.5. The second-order valence-electron chi connectivity index (χ2n) is 6.79. The first-order chi connectivity index (χ1) is 13.3. The van der Waals surface area contributed by atoms with Crippen LogP contribution < -0.4 is 5.32 Å².